The summed E-state index contributed by atoms with van der Waals surface area (Å²) in [5, 5.41) is 17.9. The van der Waals surface area contributed by atoms with Crippen molar-refractivity contribution in [2.45, 2.75) is 6.54 Å². The first-order valence-electron chi connectivity index (χ1n) is 7.11. The Morgan fingerprint density at radius 1 is 1.24 bits per heavy atom. The van der Waals surface area contributed by atoms with Crippen LogP contribution in [-0.4, -0.2) is 38.7 Å². The fraction of sp³-hybridized carbons (Fsp3) is 0.133. The van der Waals surface area contributed by atoms with Gasteiger partial charge in [-0.1, -0.05) is 0 Å². The Balaban J connectivity index is 1.46. The van der Waals surface area contributed by atoms with Gasteiger partial charge >= 0.3 is 5.97 Å². The standard InChI is InChI=1S/C15H12FN5O3S/c16-11-1-3-12(4-2-11)17-13(22)8-24-14(23)7-21-19-15(18-20-21)10-5-6-25-9-10/h1-6,9H,7-8H2,(H,17,22). The van der Waals surface area contributed by atoms with Gasteiger partial charge in [0.05, 0.1) is 0 Å². The summed E-state index contributed by atoms with van der Waals surface area (Å²) in [6.45, 7) is -0.733. The molecule has 3 aromatic rings. The van der Waals surface area contributed by atoms with Crippen LogP contribution in [0.2, 0.25) is 0 Å². The molecular weight excluding hydrogens is 349 g/mol. The molecule has 0 aliphatic rings. The molecule has 0 spiro atoms. The van der Waals surface area contributed by atoms with Crippen LogP contribution >= 0.6 is 11.3 Å². The molecule has 8 nitrogen and oxygen atoms in total. The summed E-state index contributed by atoms with van der Waals surface area (Å²) in [6.07, 6.45) is 0. The molecule has 0 saturated heterocycles. The quantitative estimate of drug-likeness (QED) is 0.671. The molecule has 0 unspecified atom stereocenters. The minimum absolute atomic E-state index is 0.263. The van der Waals surface area contributed by atoms with Gasteiger partial charge in [0.2, 0.25) is 5.82 Å². The van der Waals surface area contributed by atoms with E-state index >= 15 is 0 Å². The largest absolute Gasteiger partial charge is 0.454 e. The first kappa shape index (κ1) is 16.7. The third-order valence-electron chi connectivity index (χ3n) is 2.99. The van der Waals surface area contributed by atoms with Crippen LogP contribution in [0.25, 0.3) is 11.4 Å². The number of nitrogens with zero attached hydrogens (tertiary/aromatic N) is 4. The molecule has 10 heteroatoms. The van der Waals surface area contributed by atoms with Crippen LogP contribution in [0.5, 0.6) is 0 Å². The summed E-state index contributed by atoms with van der Waals surface area (Å²) < 4.78 is 17.6. The number of carbonyl (C=O) groups is 2. The Morgan fingerprint density at radius 2 is 2.04 bits per heavy atom. The number of thiophene rings is 1. The SMILES string of the molecule is O=C(COC(=O)Cn1nnc(-c2ccsc2)n1)Nc1ccc(F)cc1. The topological polar surface area (TPSA) is 99.0 Å². The molecule has 2 aromatic heterocycles. The van der Waals surface area contributed by atoms with Crippen LogP contribution in [0.4, 0.5) is 10.1 Å². The third kappa shape index (κ3) is 4.67. The summed E-state index contributed by atoms with van der Waals surface area (Å²) >= 11 is 1.50. The van der Waals surface area contributed by atoms with Crippen molar-refractivity contribution in [2.24, 2.45) is 0 Å². The molecule has 0 atom stereocenters. The lowest BCUT2D eigenvalue weighted by molar-refractivity contribution is -0.148. The van der Waals surface area contributed by atoms with E-state index in [1.165, 1.54) is 35.6 Å². The number of anilines is 1. The van der Waals surface area contributed by atoms with Crippen LogP contribution in [-0.2, 0) is 20.9 Å². The summed E-state index contributed by atoms with van der Waals surface area (Å²) in [7, 11) is 0. The van der Waals surface area contributed by atoms with E-state index in [-0.39, 0.29) is 6.54 Å². The Morgan fingerprint density at radius 3 is 2.76 bits per heavy atom. The lowest BCUT2D eigenvalue weighted by Crippen LogP contribution is -2.23. The molecular formula is C15H12FN5O3S. The molecule has 0 saturated carbocycles. The molecule has 25 heavy (non-hydrogen) atoms. The number of halogens is 1. The fourth-order valence-electron chi connectivity index (χ4n) is 1.85. The monoisotopic (exact) mass is 361 g/mol. The highest BCUT2D eigenvalue weighted by Gasteiger charge is 2.12. The Kier molecular flexibility index (Phi) is 5.09. The first-order valence-corrected chi connectivity index (χ1v) is 8.06. The Bertz CT molecular complexity index is 864. The highest BCUT2D eigenvalue weighted by molar-refractivity contribution is 7.08. The lowest BCUT2D eigenvalue weighted by atomic mass is 10.3. The van der Waals surface area contributed by atoms with Crippen LogP contribution in [0.1, 0.15) is 0 Å². The van der Waals surface area contributed by atoms with Crippen molar-refractivity contribution >= 4 is 28.9 Å². The highest BCUT2D eigenvalue weighted by Crippen LogP contribution is 2.16. The smallest absolute Gasteiger partial charge is 0.330 e. The molecule has 1 amide bonds. The summed E-state index contributed by atoms with van der Waals surface area (Å²) in [6, 6.07) is 7.07. The fourth-order valence-corrected chi connectivity index (χ4v) is 2.49. The minimum Gasteiger partial charge on any atom is -0.454 e. The van der Waals surface area contributed by atoms with E-state index in [2.05, 4.69) is 20.7 Å². The average Bonchev–Trinajstić information content (AvgIpc) is 3.26. The van der Waals surface area contributed by atoms with E-state index in [0.717, 1.165) is 10.4 Å². The predicted octanol–water partition coefficient (Wildman–Crippen LogP) is 1.72. The van der Waals surface area contributed by atoms with Gasteiger partial charge in [0.15, 0.2) is 13.2 Å². The summed E-state index contributed by atoms with van der Waals surface area (Å²) in [5.74, 6) is -1.22. The van der Waals surface area contributed by atoms with Gasteiger partial charge in [0, 0.05) is 16.6 Å². The predicted molar refractivity (Wildman–Crippen MR) is 87.1 cm³/mol. The maximum absolute atomic E-state index is 12.8. The van der Waals surface area contributed by atoms with Gasteiger partial charge in [0.1, 0.15) is 5.82 Å². The van der Waals surface area contributed by atoms with E-state index in [1.54, 1.807) is 0 Å². The second kappa shape index (κ2) is 7.62. The van der Waals surface area contributed by atoms with E-state index in [9.17, 15) is 14.0 Å². The van der Waals surface area contributed by atoms with E-state index in [1.807, 2.05) is 16.8 Å². The van der Waals surface area contributed by atoms with Crippen molar-refractivity contribution in [1.82, 2.24) is 20.2 Å². The zero-order chi connectivity index (χ0) is 17.6. The molecule has 2 heterocycles. The van der Waals surface area contributed by atoms with Crippen molar-refractivity contribution in [3.05, 3.63) is 46.9 Å². The molecule has 128 valence electrons. The number of aromatic nitrogens is 4. The van der Waals surface area contributed by atoms with Crippen molar-refractivity contribution in [3.8, 4) is 11.4 Å². The Hall–Kier alpha value is -3.14. The second-order valence-corrected chi connectivity index (χ2v) is 5.65. The maximum atomic E-state index is 12.8. The van der Waals surface area contributed by atoms with Crippen LogP contribution < -0.4 is 5.32 Å². The average molecular weight is 361 g/mol. The number of carbonyl (C=O) groups excluding carboxylic acids is 2. The van der Waals surface area contributed by atoms with Gasteiger partial charge in [-0.3, -0.25) is 4.79 Å². The second-order valence-electron chi connectivity index (χ2n) is 4.87. The van der Waals surface area contributed by atoms with E-state index in [4.69, 9.17) is 4.74 Å². The van der Waals surface area contributed by atoms with Crippen LogP contribution in [0.3, 0.4) is 0 Å². The molecule has 1 N–H and O–H groups in total. The zero-order valence-corrected chi connectivity index (χ0v) is 13.6. The summed E-state index contributed by atoms with van der Waals surface area (Å²) in [5.41, 5.74) is 1.21. The zero-order valence-electron chi connectivity index (χ0n) is 12.8. The molecule has 0 aliphatic heterocycles. The molecule has 0 aliphatic carbocycles. The van der Waals surface area contributed by atoms with Crippen LogP contribution in [0, 0.1) is 5.82 Å². The van der Waals surface area contributed by atoms with Crippen molar-refractivity contribution in [1.29, 1.82) is 0 Å². The maximum Gasteiger partial charge on any atom is 0.330 e. The number of benzene rings is 1. The number of amides is 1. The van der Waals surface area contributed by atoms with Gasteiger partial charge in [-0.15, -0.1) is 10.2 Å². The molecule has 0 bridgehead atoms. The van der Waals surface area contributed by atoms with E-state index < -0.39 is 24.3 Å². The highest BCUT2D eigenvalue weighted by atomic mass is 32.1. The van der Waals surface area contributed by atoms with Crippen molar-refractivity contribution < 1.29 is 18.7 Å². The molecule has 1 aromatic carbocycles. The van der Waals surface area contributed by atoms with Crippen molar-refractivity contribution in [2.75, 3.05) is 11.9 Å². The molecule has 0 radical (unpaired) electrons. The Labute approximate surface area is 145 Å². The number of hydrogen-bond donors (Lipinski definition) is 1. The third-order valence-corrected chi connectivity index (χ3v) is 3.68. The van der Waals surface area contributed by atoms with Crippen LogP contribution in [0.15, 0.2) is 41.1 Å². The molecule has 0 fully saturated rings. The number of tetrazole rings is 1. The van der Waals surface area contributed by atoms with Gasteiger partial charge in [-0.05, 0) is 40.9 Å². The summed E-state index contributed by atoms with van der Waals surface area (Å²) in [4.78, 5) is 24.5. The normalized spacial score (nSPS) is 10.4. The van der Waals surface area contributed by atoms with Gasteiger partial charge in [-0.2, -0.15) is 16.1 Å². The number of rotatable bonds is 6. The molecule has 3 rings (SSSR count). The van der Waals surface area contributed by atoms with Crippen molar-refractivity contribution in [3.63, 3.8) is 0 Å². The number of ether oxygens (including phenoxy) is 1. The van der Waals surface area contributed by atoms with E-state index in [0.29, 0.717) is 11.5 Å². The lowest BCUT2D eigenvalue weighted by Gasteiger charge is -2.06. The van der Waals surface area contributed by atoms with Gasteiger partial charge in [0.25, 0.3) is 5.91 Å². The van der Waals surface area contributed by atoms with Gasteiger partial charge in [-0.25, -0.2) is 9.18 Å². The number of nitrogens with one attached hydrogen (secondary N) is 1. The first-order chi connectivity index (χ1) is 12.1. The minimum atomic E-state index is -0.677. The number of hydrogen-bond acceptors (Lipinski definition) is 7. The number of esters is 1. The van der Waals surface area contributed by atoms with Gasteiger partial charge < -0.3 is 10.1 Å².